The van der Waals surface area contributed by atoms with Gasteiger partial charge in [0.05, 0.1) is 5.82 Å². The Morgan fingerprint density at radius 1 is 1.03 bits per heavy atom. The van der Waals surface area contributed by atoms with Gasteiger partial charge in [0.1, 0.15) is 5.69 Å². The second kappa shape index (κ2) is 11.0. The Bertz CT molecular complexity index is 1430. The molecule has 3 aromatic rings. The summed E-state index contributed by atoms with van der Waals surface area (Å²) in [5.41, 5.74) is 16.6. The highest BCUT2D eigenvalue weighted by Crippen LogP contribution is 2.30. The Hall–Kier alpha value is -4.52. The topological polar surface area (TPSA) is 115 Å². The molecule has 1 heterocycles. The minimum atomic E-state index is -0.201. The van der Waals surface area contributed by atoms with E-state index in [2.05, 4.69) is 38.0 Å². The number of aromatic nitrogens is 1. The van der Waals surface area contributed by atoms with Crippen LogP contribution in [0.5, 0.6) is 0 Å². The van der Waals surface area contributed by atoms with Gasteiger partial charge in [-0.1, -0.05) is 57.7 Å². The van der Waals surface area contributed by atoms with Gasteiger partial charge in [-0.2, -0.15) is 0 Å². The highest BCUT2D eigenvalue weighted by Gasteiger charge is 2.16. The van der Waals surface area contributed by atoms with Crippen molar-refractivity contribution in [3.8, 4) is 11.1 Å². The van der Waals surface area contributed by atoms with Crippen molar-refractivity contribution in [1.82, 2.24) is 4.57 Å². The molecule has 3 rings (SSSR count). The molecule has 192 valence electrons. The van der Waals surface area contributed by atoms with Gasteiger partial charge in [0.2, 0.25) is 0 Å². The maximum absolute atomic E-state index is 13.0. The largest absolute Gasteiger partial charge is 0.386 e. The van der Waals surface area contributed by atoms with E-state index in [-0.39, 0.29) is 22.7 Å². The average molecular weight is 498 g/mol. The van der Waals surface area contributed by atoms with Crippen LogP contribution in [0.1, 0.15) is 42.3 Å². The molecular weight excluding hydrogens is 462 g/mol. The predicted molar refractivity (Wildman–Crippen MR) is 153 cm³/mol. The minimum Gasteiger partial charge on any atom is -0.386 e. The molecule has 0 saturated carbocycles. The van der Waals surface area contributed by atoms with E-state index in [1.165, 1.54) is 16.2 Å². The van der Waals surface area contributed by atoms with E-state index in [1.54, 1.807) is 31.5 Å². The van der Waals surface area contributed by atoms with Crippen molar-refractivity contribution >= 4 is 17.3 Å². The first-order chi connectivity index (χ1) is 17.4. The van der Waals surface area contributed by atoms with Crippen LogP contribution in [-0.4, -0.2) is 10.5 Å². The monoisotopic (exact) mass is 497 g/mol. The Kier molecular flexibility index (Phi) is 8.07. The normalized spacial score (nSPS) is 11.3. The van der Waals surface area contributed by atoms with Crippen LogP contribution in [0.4, 0.5) is 11.4 Å². The van der Waals surface area contributed by atoms with Crippen LogP contribution < -0.4 is 27.7 Å². The highest BCUT2D eigenvalue weighted by atomic mass is 16.1. The molecule has 0 fully saturated rings. The molecule has 6 N–H and O–H groups in total. The summed E-state index contributed by atoms with van der Waals surface area (Å²) in [6.07, 6.45) is 6.61. The maximum atomic E-state index is 13.0. The van der Waals surface area contributed by atoms with Gasteiger partial charge in [0.15, 0.2) is 0 Å². The molecule has 0 spiro atoms. The quantitative estimate of drug-likeness (QED) is 0.337. The third-order valence-electron chi connectivity index (χ3n) is 5.97. The van der Waals surface area contributed by atoms with Crippen molar-refractivity contribution in [3.63, 3.8) is 0 Å². The van der Waals surface area contributed by atoms with Crippen LogP contribution in [0, 0.1) is 6.92 Å². The molecule has 0 bridgehead atoms. The zero-order valence-corrected chi connectivity index (χ0v) is 22.1. The lowest BCUT2D eigenvalue weighted by Crippen LogP contribution is -2.20. The van der Waals surface area contributed by atoms with Crippen LogP contribution in [0.25, 0.3) is 11.1 Å². The summed E-state index contributed by atoms with van der Waals surface area (Å²) >= 11 is 0. The molecule has 0 aliphatic carbocycles. The van der Waals surface area contributed by atoms with Crippen LogP contribution in [0.15, 0.2) is 95.8 Å². The van der Waals surface area contributed by atoms with Gasteiger partial charge in [0, 0.05) is 35.8 Å². The van der Waals surface area contributed by atoms with Crippen LogP contribution in [0.3, 0.4) is 0 Å². The maximum Gasteiger partial charge on any atom is 0.274 e. The Morgan fingerprint density at radius 3 is 2.32 bits per heavy atom. The lowest BCUT2D eigenvalue weighted by atomic mass is 9.86. The third-order valence-corrected chi connectivity index (χ3v) is 5.97. The predicted octanol–water partition coefficient (Wildman–Crippen LogP) is 5.15. The Morgan fingerprint density at radius 2 is 1.70 bits per heavy atom. The number of pyridine rings is 1. The summed E-state index contributed by atoms with van der Waals surface area (Å²) in [6, 6.07) is 15.1. The van der Waals surface area contributed by atoms with Crippen molar-refractivity contribution in [2.75, 3.05) is 10.6 Å². The van der Waals surface area contributed by atoms with E-state index >= 15 is 0 Å². The Labute approximate surface area is 218 Å². The molecule has 0 aliphatic rings. The van der Waals surface area contributed by atoms with Gasteiger partial charge in [-0.3, -0.25) is 9.59 Å². The second-order valence-corrected chi connectivity index (χ2v) is 9.99. The number of benzene rings is 2. The number of rotatable bonds is 7. The van der Waals surface area contributed by atoms with Gasteiger partial charge < -0.3 is 26.7 Å². The fourth-order valence-corrected chi connectivity index (χ4v) is 3.84. The zero-order valence-electron chi connectivity index (χ0n) is 22.1. The summed E-state index contributed by atoms with van der Waals surface area (Å²) in [5, 5.41) is 6.07. The van der Waals surface area contributed by atoms with Crippen LogP contribution in [-0.2, 0) is 12.5 Å². The van der Waals surface area contributed by atoms with E-state index in [0.717, 1.165) is 16.7 Å². The van der Waals surface area contributed by atoms with Crippen LogP contribution >= 0.6 is 0 Å². The zero-order chi connectivity index (χ0) is 27.3. The summed E-state index contributed by atoms with van der Waals surface area (Å²) in [5.74, 6) is -0.00916. The summed E-state index contributed by atoms with van der Waals surface area (Å²) in [7, 11) is 1.69. The van der Waals surface area contributed by atoms with E-state index in [9.17, 15) is 9.59 Å². The molecule has 2 aromatic carbocycles. The Balaban J connectivity index is 1.88. The first kappa shape index (κ1) is 27.1. The molecule has 7 nitrogen and oxygen atoms in total. The fourth-order valence-electron chi connectivity index (χ4n) is 3.84. The van der Waals surface area contributed by atoms with Crippen molar-refractivity contribution < 1.29 is 4.79 Å². The summed E-state index contributed by atoms with van der Waals surface area (Å²) < 4.78 is 1.51. The van der Waals surface area contributed by atoms with Crippen molar-refractivity contribution in [1.29, 1.82) is 0 Å². The van der Waals surface area contributed by atoms with E-state index in [4.69, 9.17) is 11.5 Å². The average Bonchev–Trinajstić information content (AvgIpc) is 2.82. The first-order valence-electron chi connectivity index (χ1n) is 11.9. The number of hydrogen-bond donors (Lipinski definition) is 4. The number of nitrogens with one attached hydrogen (secondary N) is 2. The van der Waals surface area contributed by atoms with Gasteiger partial charge in [0.25, 0.3) is 11.5 Å². The number of carbonyl (C=O) groups excluding carboxylic acids is 1. The molecule has 0 aliphatic heterocycles. The number of allylic oxidation sites excluding steroid dienone is 3. The van der Waals surface area contributed by atoms with Gasteiger partial charge >= 0.3 is 0 Å². The number of nitrogens with zero attached hydrogens (tertiary/aromatic N) is 1. The second-order valence-electron chi connectivity index (χ2n) is 9.99. The molecule has 7 heteroatoms. The number of nitrogens with two attached hydrogens (primary N) is 2. The fraction of sp³-hybridized carbons (Fsp3) is 0.200. The van der Waals surface area contributed by atoms with Crippen LogP contribution in [0.2, 0.25) is 0 Å². The molecule has 0 saturated heterocycles. The molecular formula is C30H35N5O2. The molecule has 0 unspecified atom stereocenters. The van der Waals surface area contributed by atoms with Gasteiger partial charge in [-0.05, 0) is 65.4 Å². The molecule has 1 aromatic heterocycles. The van der Waals surface area contributed by atoms with E-state index in [0.29, 0.717) is 22.6 Å². The SMILES string of the molecule is C=C(/C=C\C=C(N)N)Nc1cc(-c2cccc(NC(=O)c3ccc(C(C)(C)C)cc3)c2C)cn(C)c1=O. The molecule has 0 atom stereocenters. The number of amides is 1. The lowest BCUT2D eigenvalue weighted by Gasteiger charge is -2.19. The molecule has 37 heavy (non-hydrogen) atoms. The van der Waals surface area contributed by atoms with Crippen molar-refractivity contribution in [2.45, 2.75) is 33.1 Å². The minimum absolute atomic E-state index is 0.0155. The lowest BCUT2D eigenvalue weighted by molar-refractivity contribution is 0.102. The van der Waals surface area contributed by atoms with Gasteiger partial charge in [-0.25, -0.2) is 0 Å². The third kappa shape index (κ3) is 6.79. The number of anilines is 2. The van der Waals surface area contributed by atoms with Crippen molar-refractivity contribution in [2.24, 2.45) is 18.5 Å². The first-order valence-corrected chi connectivity index (χ1v) is 11.9. The number of hydrogen-bond acceptors (Lipinski definition) is 5. The number of carbonyl (C=O) groups is 1. The van der Waals surface area contributed by atoms with E-state index in [1.807, 2.05) is 49.4 Å². The summed E-state index contributed by atoms with van der Waals surface area (Å²) in [6.45, 7) is 12.3. The van der Waals surface area contributed by atoms with Crippen molar-refractivity contribution in [3.05, 3.63) is 118 Å². The highest BCUT2D eigenvalue weighted by molar-refractivity contribution is 6.05. The molecule has 0 radical (unpaired) electrons. The van der Waals surface area contributed by atoms with Gasteiger partial charge in [-0.15, -0.1) is 0 Å². The smallest absolute Gasteiger partial charge is 0.274 e. The molecule has 1 amide bonds. The number of aryl methyl sites for hydroxylation is 1. The van der Waals surface area contributed by atoms with E-state index < -0.39 is 0 Å². The summed E-state index contributed by atoms with van der Waals surface area (Å²) in [4.78, 5) is 25.7. The standard InChI is InChI=1S/C30H35N5O2/c1-19(9-7-12-27(31)32)33-26-17-22(18-35(6)29(26)37)24-10-8-11-25(20(24)2)34-28(36)21-13-15-23(16-14-21)30(3,4)5/h7-18,33H,1,31-32H2,2-6H3,(H,34,36)/b9-7-.